The van der Waals surface area contributed by atoms with Gasteiger partial charge in [-0.1, -0.05) is 23.9 Å². The number of benzene rings is 1. The van der Waals surface area contributed by atoms with Crippen molar-refractivity contribution in [1.29, 1.82) is 0 Å². The van der Waals surface area contributed by atoms with Gasteiger partial charge in [0.25, 0.3) is 0 Å². The zero-order chi connectivity index (χ0) is 15.0. The van der Waals surface area contributed by atoms with Crippen molar-refractivity contribution >= 4 is 22.8 Å². The summed E-state index contributed by atoms with van der Waals surface area (Å²) in [5.41, 5.74) is 4.09. The molecule has 0 atom stereocenters. The predicted octanol–water partition coefficient (Wildman–Crippen LogP) is 3.77. The number of ether oxygens (including phenoxy) is 1. The predicted molar refractivity (Wildman–Crippen MR) is 86.7 cm³/mol. The number of aromatic nitrogens is 3. The number of aryl methyl sites for hydroxylation is 1. The SMILES string of the molecule is COc1c(C)cnc(-n2c(SC)nc3ccccc32)c1C. The fourth-order valence-electron chi connectivity index (χ4n) is 2.60. The molecule has 0 N–H and O–H groups in total. The van der Waals surface area contributed by atoms with E-state index in [0.717, 1.165) is 38.9 Å². The smallest absolute Gasteiger partial charge is 0.174 e. The third kappa shape index (κ3) is 2.17. The van der Waals surface area contributed by atoms with E-state index in [1.165, 1.54) is 0 Å². The highest BCUT2D eigenvalue weighted by atomic mass is 32.2. The number of fused-ring (bicyclic) bond motifs is 1. The Morgan fingerprint density at radius 2 is 1.95 bits per heavy atom. The van der Waals surface area contributed by atoms with Crippen molar-refractivity contribution in [2.75, 3.05) is 13.4 Å². The molecule has 0 aliphatic rings. The Balaban J connectivity index is 2.35. The molecule has 0 fully saturated rings. The molecule has 3 rings (SSSR count). The molecule has 0 spiro atoms. The molecule has 0 aliphatic heterocycles. The maximum absolute atomic E-state index is 5.52. The van der Waals surface area contributed by atoms with E-state index in [1.54, 1.807) is 18.9 Å². The summed E-state index contributed by atoms with van der Waals surface area (Å²) in [6.07, 6.45) is 3.87. The molecule has 5 heteroatoms. The summed E-state index contributed by atoms with van der Waals surface area (Å²) in [7, 11) is 1.70. The largest absolute Gasteiger partial charge is 0.496 e. The van der Waals surface area contributed by atoms with Crippen LogP contribution in [0.4, 0.5) is 0 Å². The normalized spacial score (nSPS) is 11.0. The molecule has 0 aliphatic carbocycles. The molecule has 3 aromatic rings. The lowest BCUT2D eigenvalue weighted by Crippen LogP contribution is -2.04. The van der Waals surface area contributed by atoms with Crippen LogP contribution in [-0.2, 0) is 0 Å². The van der Waals surface area contributed by atoms with Gasteiger partial charge < -0.3 is 4.74 Å². The summed E-state index contributed by atoms with van der Waals surface area (Å²) in [6, 6.07) is 8.10. The molecule has 2 aromatic heterocycles. The van der Waals surface area contributed by atoms with Crippen molar-refractivity contribution in [3.05, 3.63) is 41.6 Å². The van der Waals surface area contributed by atoms with E-state index in [-0.39, 0.29) is 0 Å². The maximum atomic E-state index is 5.52. The molecule has 0 radical (unpaired) electrons. The second kappa shape index (κ2) is 5.41. The number of hydrogen-bond acceptors (Lipinski definition) is 4. The van der Waals surface area contributed by atoms with Crippen molar-refractivity contribution in [2.45, 2.75) is 19.0 Å². The van der Waals surface area contributed by atoms with Gasteiger partial charge in [-0.3, -0.25) is 4.57 Å². The summed E-state index contributed by atoms with van der Waals surface area (Å²) in [4.78, 5) is 9.29. The van der Waals surface area contributed by atoms with E-state index in [2.05, 4.69) is 20.6 Å². The number of thioether (sulfide) groups is 1. The average Bonchev–Trinajstić information content (AvgIpc) is 2.86. The Hall–Kier alpha value is -2.01. The van der Waals surface area contributed by atoms with E-state index >= 15 is 0 Å². The van der Waals surface area contributed by atoms with Crippen LogP contribution in [0, 0.1) is 13.8 Å². The van der Waals surface area contributed by atoms with Crippen LogP contribution in [0.2, 0.25) is 0 Å². The molecule has 0 saturated heterocycles. The molecule has 0 unspecified atom stereocenters. The van der Waals surface area contributed by atoms with Crippen LogP contribution in [0.1, 0.15) is 11.1 Å². The van der Waals surface area contributed by atoms with Crippen LogP contribution in [0.5, 0.6) is 5.75 Å². The van der Waals surface area contributed by atoms with Crippen molar-refractivity contribution in [2.24, 2.45) is 0 Å². The van der Waals surface area contributed by atoms with Crippen molar-refractivity contribution < 1.29 is 4.74 Å². The number of imidazole rings is 1. The third-order valence-electron chi connectivity index (χ3n) is 3.54. The Kier molecular flexibility index (Phi) is 3.59. The van der Waals surface area contributed by atoms with Crippen LogP contribution in [0.25, 0.3) is 16.9 Å². The first-order valence-electron chi connectivity index (χ1n) is 6.69. The van der Waals surface area contributed by atoms with Gasteiger partial charge in [-0.05, 0) is 32.2 Å². The molecule has 21 heavy (non-hydrogen) atoms. The number of pyridine rings is 1. The van der Waals surface area contributed by atoms with Crippen molar-refractivity contribution in [3.8, 4) is 11.6 Å². The van der Waals surface area contributed by atoms with Crippen LogP contribution >= 0.6 is 11.8 Å². The van der Waals surface area contributed by atoms with E-state index < -0.39 is 0 Å². The van der Waals surface area contributed by atoms with Crippen LogP contribution in [-0.4, -0.2) is 27.9 Å². The van der Waals surface area contributed by atoms with Crippen LogP contribution in [0.3, 0.4) is 0 Å². The van der Waals surface area contributed by atoms with Crippen LogP contribution < -0.4 is 4.74 Å². The number of para-hydroxylation sites is 2. The van der Waals surface area contributed by atoms with Gasteiger partial charge in [0.1, 0.15) is 11.6 Å². The van der Waals surface area contributed by atoms with E-state index in [0.29, 0.717) is 0 Å². The quantitative estimate of drug-likeness (QED) is 0.690. The average molecular weight is 299 g/mol. The zero-order valence-electron chi connectivity index (χ0n) is 12.5. The topological polar surface area (TPSA) is 39.9 Å². The van der Waals surface area contributed by atoms with E-state index in [9.17, 15) is 0 Å². The molecular formula is C16H17N3OS. The Morgan fingerprint density at radius 1 is 1.19 bits per heavy atom. The van der Waals surface area contributed by atoms with Gasteiger partial charge >= 0.3 is 0 Å². The standard InChI is InChI=1S/C16H17N3OS/c1-10-9-17-15(11(2)14(10)20-3)19-13-8-6-5-7-12(13)18-16(19)21-4/h5-9H,1-4H3. The summed E-state index contributed by atoms with van der Waals surface area (Å²) < 4.78 is 7.61. The second-order valence-electron chi connectivity index (χ2n) is 4.85. The minimum Gasteiger partial charge on any atom is -0.496 e. The lowest BCUT2D eigenvalue weighted by atomic mass is 10.2. The van der Waals surface area contributed by atoms with Crippen LogP contribution in [0.15, 0.2) is 35.6 Å². The highest BCUT2D eigenvalue weighted by molar-refractivity contribution is 7.98. The Labute approximate surface area is 128 Å². The fourth-order valence-corrected chi connectivity index (χ4v) is 3.15. The highest BCUT2D eigenvalue weighted by Crippen LogP contribution is 2.31. The molecule has 4 nitrogen and oxygen atoms in total. The van der Waals surface area contributed by atoms with Crippen molar-refractivity contribution in [1.82, 2.24) is 14.5 Å². The molecule has 108 valence electrons. The molecule has 2 heterocycles. The monoisotopic (exact) mass is 299 g/mol. The summed E-state index contributed by atoms with van der Waals surface area (Å²) >= 11 is 1.61. The Morgan fingerprint density at radius 3 is 2.67 bits per heavy atom. The number of nitrogens with zero attached hydrogens (tertiary/aromatic N) is 3. The minimum atomic E-state index is 0.871. The van der Waals surface area contributed by atoms with E-state index in [1.807, 2.05) is 44.5 Å². The van der Waals surface area contributed by atoms with Gasteiger partial charge in [0, 0.05) is 17.3 Å². The summed E-state index contributed by atoms with van der Waals surface area (Å²) in [6.45, 7) is 4.04. The number of rotatable bonds is 3. The van der Waals surface area contributed by atoms with Gasteiger partial charge in [-0.25, -0.2) is 9.97 Å². The zero-order valence-corrected chi connectivity index (χ0v) is 13.4. The minimum absolute atomic E-state index is 0.871. The molecular weight excluding hydrogens is 282 g/mol. The molecule has 0 saturated carbocycles. The summed E-state index contributed by atoms with van der Waals surface area (Å²) in [5, 5.41) is 0.928. The fraction of sp³-hybridized carbons (Fsp3) is 0.250. The van der Waals surface area contributed by atoms with Gasteiger partial charge in [0.05, 0.1) is 18.1 Å². The molecule has 0 bridgehead atoms. The van der Waals surface area contributed by atoms with Gasteiger partial charge in [0.15, 0.2) is 5.16 Å². The molecule has 1 aromatic carbocycles. The van der Waals surface area contributed by atoms with Gasteiger partial charge in [-0.2, -0.15) is 0 Å². The highest BCUT2D eigenvalue weighted by Gasteiger charge is 2.17. The first-order chi connectivity index (χ1) is 10.2. The van der Waals surface area contributed by atoms with Gasteiger partial charge in [0.2, 0.25) is 0 Å². The second-order valence-corrected chi connectivity index (χ2v) is 5.62. The first kappa shape index (κ1) is 13.9. The number of methoxy groups -OCH3 is 1. The lowest BCUT2D eigenvalue weighted by molar-refractivity contribution is 0.407. The molecule has 0 amide bonds. The van der Waals surface area contributed by atoms with Gasteiger partial charge in [-0.15, -0.1) is 0 Å². The number of hydrogen-bond donors (Lipinski definition) is 0. The summed E-state index contributed by atoms with van der Waals surface area (Å²) in [5.74, 6) is 1.75. The van der Waals surface area contributed by atoms with E-state index in [4.69, 9.17) is 4.74 Å². The van der Waals surface area contributed by atoms with Crippen molar-refractivity contribution in [3.63, 3.8) is 0 Å². The maximum Gasteiger partial charge on any atom is 0.174 e. The third-order valence-corrected chi connectivity index (χ3v) is 4.18. The lowest BCUT2D eigenvalue weighted by Gasteiger charge is -2.14. The first-order valence-corrected chi connectivity index (χ1v) is 7.92. The Bertz CT molecular complexity index is 811.